The summed E-state index contributed by atoms with van der Waals surface area (Å²) < 4.78 is 0. The van der Waals surface area contributed by atoms with Gasteiger partial charge in [-0.2, -0.15) is 0 Å². The lowest BCUT2D eigenvalue weighted by Gasteiger charge is -2.12. The second-order valence-electron chi connectivity index (χ2n) is 4.83. The molecule has 1 amide bonds. The van der Waals surface area contributed by atoms with Crippen molar-refractivity contribution in [1.29, 1.82) is 0 Å². The van der Waals surface area contributed by atoms with E-state index in [9.17, 15) is 4.79 Å². The molecule has 0 aliphatic carbocycles. The van der Waals surface area contributed by atoms with Crippen LogP contribution in [0.3, 0.4) is 0 Å². The molecule has 0 saturated carbocycles. The van der Waals surface area contributed by atoms with E-state index in [1.165, 1.54) is 5.56 Å². The van der Waals surface area contributed by atoms with E-state index in [-0.39, 0.29) is 5.91 Å². The molecule has 0 bridgehead atoms. The van der Waals surface area contributed by atoms with E-state index in [4.69, 9.17) is 0 Å². The molecule has 1 heterocycles. The fourth-order valence-electron chi connectivity index (χ4n) is 2.00. The molecule has 0 radical (unpaired) electrons. The molecular weight excluding hydrogens is 238 g/mol. The third kappa shape index (κ3) is 3.29. The van der Waals surface area contributed by atoms with Gasteiger partial charge in [-0.15, -0.1) is 0 Å². The van der Waals surface area contributed by atoms with Gasteiger partial charge in [-0.1, -0.05) is 18.2 Å². The number of hydrogen-bond acceptors (Lipinski definition) is 3. The number of pyridine rings is 1. The van der Waals surface area contributed by atoms with Crippen LogP contribution in [0.5, 0.6) is 0 Å². The predicted molar refractivity (Wildman–Crippen MR) is 76.9 cm³/mol. The number of carbonyl (C=O) groups is 1. The van der Waals surface area contributed by atoms with Crippen LogP contribution < -0.4 is 5.32 Å². The van der Waals surface area contributed by atoms with E-state index < -0.39 is 0 Å². The largest absolute Gasteiger partial charge is 0.348 e. The highest BCUT2D eigenvalue weighted by molar-refractivity contribution is 5.82. The minimum absolute atomic E-state index is 0.0788. The smallest absolute Gasteiger partial charge is 0.236 e. The van der Waals surface area contributed by atoms with E-state index in [1.54, 1.807) is 19.0 Å². The Morgan fingerprint density at radius 2 is 2.05 bits per heavy atom. The van der Waals surface area contributed by atoms with E-state index in [2.05, 4.69) is 22.4 Å². The third-order valence-electron chi connectivity index (χ3n) is 3.02. The number of para-hydroxylation sites is 1. The van der Waals surface area contributed by atoms with Crippen molar-refractivity contribution in [2.75, 3.05) is 20.6 Å². The maximum Gasteiger partial charge on any atom is 0.236 e. The van der Waals surface area contributed by atoms with Crippen LogP contribution in [0.25, 0.3) is 10.9 Å². The minimum Gasteiger partial charge on any atom is -0.348 e. The van der Waals surface area contributed by atoms with Crippen molar-refractivity contribution < 1.29 is 4.79 Å². The predicted octanol–water partition coefficient (Wildman–Crippen LogP) is 1.72. The first-order valence-corrected chi connectivity index (χ1v) is 6.34. The van der Waals surface area contributed by atoms with E-state index in [0.29, 0.717) is 13.1 Å². The Bertz CT molecular complexity index is 593. The number of likely N-dealkylation sites (N-methyl/N-ethyl adjacent to an activating group) is 1. The number of benzene rings is 1. The topological polar surface area (TPSA) is 45.2 Å². The average Bonchev–Trinajstić information content (AvgIpc) is 2.38. The Morgan fingerprint density at radius 1 is 1.32 bits per heavy atom. The van der Waals surface area contributed by atoms with Crippen molar-refractivity contribution in [3.05, 3.63) is 41.6 Å². The number of carbonyl (C=O) groups excluding carboxylic acids is 1. The summed E-state index contributed by atoms with van der Waals surface area (Å²) in [7, 11) is 3.52. The number of nitrogens with zero attached hydrogens (tertiary/aromatic N) is 2. The van der Waals surface area contributed by atoms with Crippen molar-refractivity contribution in [2.45, 2.75) is 13.5 Å². The van der Waals surface area contributed by atoms with Crippen LogP contribution in [0, 0.1) is 6.92 Å². The lowest BCUT2D eigenvalue weighted by molar-refractivity contribution is -0.127. The van der Waals surface area contributed by atoms with Crippen LogP contribution in [0.2, 0.25) is 0 Å². The van der Waals surface area contributed by atoms with Crippen LogP contribution in [0.15, 0.2) is 30.3 Å². The van der Waals surface area contributed by atoms with Gasteiger partial charge in [-0.25, -0.2) is 0 Å². The van der Waals surface area contributed by atoms with Gasteiger partial charge in [-0.05, 0) is 24.6 Å². The van der Waals surface area contributed by atoms with Crippen LogP contribution in [0.4, 0.5) is 0 Å². The highest BCUT2D eigenvalue weighted by atomic mass is 16.2. The molecule has 1 aromatic carbocycles. The fraction of sp³-hybridized carbons (Fsp3) is 0.333. The first-order chi connectivity index (χ1) is 9.08. The summed E-state index contributed by atoms with van der Waals surface area (Å²) in [5, 5.41) is 4.32. The highest BCUT2D eigenvalue weighted by Crippen LogP contribution is 2.17. The van der Waals surface area contributed by atoms with Crippen LogP contribution in [0.1, 0.15) is 11.3 Å². The van der Waals surface area contributed by atoms with E-state index in [0.717, 1.165) is 16.6 Å². The zero-order chi connectivity index (χ0) is 13.8. The quantitative estimate of drug-likeness (QED) is 0.907. The summed E-state index contributed by atoms with van der Waals surface area (Å²) in [4.78, 5) is 17.6. The van der Waals surface area contributed by atoms with Gasteiger partial charge in [0, 0.05) is 31.7 Å². The molecule has 0 spiro atoms. The van der Waals surface area contributed by atoms with Crippen molar-refractivity contribution in [2.24, 2.45) is 0 Å². The number of amides is 1. The maximum atomic E-state index is 11.5. The first-order valence-electron chi connectivity index (χ1n) is 6.34. The van der Waals surface area contributed by atoms with Crippen molar-refractivity contribution >= 4 is 16.8 Å². The summed E-state index contributed by atoms with van der Waals surface area (Å²) in [6.07, 6.45) is 0. The van der Waals surface area contributed by atoms with Crippen molar-refractivity contribution in [1.82, 2.24) is 15.2 Å². The summed E-state index contributed by atoms with van der Waals surface area (Å²) in [6.45, 7) is 3.01. The number of hydrogen-bond donors (Lipinski definition) is 1. The second-order valence-corrected chi connectivity index (χ2v) is 4.83. The molecule has 1 N–H and O–H groups in total. The van der Waals surface area contributed by atoms with Gasteiger partial charge in [0.05, 0.1) is 12.1 Å². The first kappa shape index (κ1) is 13.5. The molecule has 2 rings (SSSR count). The molecule has 19 heavy (non-hydrogen) atoms. The van der Waals surface area contributed by atoms with Crippen LogP contribution in [-0.2, 0) is 11.3 Å². The van der Waals surface area contributed by atoms with Gasteiger partial charge in [0.25, 0.3) is 0 Å². The normalized spacial score (nSPS) is 10.7. The van der Waals surface area contributed by atoms with Gasteiger partial charge >= 0.3 is 0 Å². The summed E-state index contributed by atoms with van der Waals surface area (Å²) in [5.41, 5.74) is 3.17. The molecule has 0 unspecified atom stereocenters. The summed E-state index contributed by atoms with van der Waals surface area (Å²) >= 11 is 0. The average molecular weight is 257 g/mol. The summed E-state index contributed by atoms with van der Waals surface area (Å²) in [5.74, 6) is 0.0788. The number of nitrogens with one attached hydrogen (secondary N) is 1. The molecule has 0 atom stereocenters. The number of aromatic nitrogens is 1. The Balaban J connectivity index is 2.14. The molecule has 0 saturated heterocycles. The fourth-order valence-corrected chi connectivity index (χ4v) is 2.00. The lowest BCUT2D eigenvalue weighted by atomic mass is 10.1. The Kier molecular flexibility index (Phi) is 4.12. The van der Waals surface area contributed by atoms with Gasteiger partial charge in [0.2, 0.25) is 5.91 Å². The van der Waals surface area contributed by atoms with Gasteiger partial charge in [-0.3, -0.25) is 9.78 Å². The molecule has 0 aliphatic rings. The Labute approximate surface area is 113 Å². The number of rotatable bonds is 4. The van der Waals surface area contributed by atoms with Crippen molar-refractivity contribution in [3.8, 4) is 0 Å². The van der Waals surface area contributed by atoms with Gasteiger partial charge in [0.1, 0.15) is 0 Å². The standard InChI is InChI=1S/C15H19N3O/c1-11-8-12(9-16-10-15(19)18(2)3)13-6-4-5-7-14(13)17-11/h4-8,16H,9-10H2,1-3H3. The zero-order valence-electron chi connectivity index (χ0n) is 11.6. The summed E-state index contributed by atoms with van der Waals surface area (Å²) in [6, 6.07) is 10.1. The van der Waals surface area contributed by atoms with Gasteiger partial charge < -0.3 is 10.2 Å². The van der Waals surface area contributed by atoms with Crippen molar-refractivity contribution in [3.63, 3.8) is 0 Å². The third-order valence-corrected chi connectivity index (χ3v) is 3.02. The zero-order valence-corrected chi connectivity index (χ0v) is 11.6. The molecule has 4 heteroatoms. The maximum absolute atomic E-state index is 11.5. The number of aryl methyl sites for hydroxylation is 1. The minimum atomic E-state index is 0.0788. The van der Waals surface area contributed by atoms with E-state index in [1.807, 2.05) is 25.1 Å². The Hall–Kier alpha value is -1.94. The molecule has 1 aromatic heterocycles. The SMILES string of the molecule is Cc1cc(CNCC(=O)N(C)C)c2ccccc2n1. The monoisotopic (exact) mass is 257 g/mol. The molecule has 0 aliphatic heterocycles. The molecule has 100 valence electrons. The van der Waals surface area contributed by atoms with Crippen LogP contribution in [-0.4, -0.2) is 36.4 Å². The number of fused-ring (bicyclic) bond motifs is 1. The second kappa shape index (κ2) is 5.80. The lowest BCUT2D eigenvalue weighted by Crippen LogP contribution is -2.32. The highest BCUT2D eigenvalue weighted by Gasteiger charge is 2.06. The molecule has 2 aromatic rings. The molecule has 0 fully saturated rings. The molecule has 4 nitrogen and oxygen atoms in total. The van der Waals surface area contributed by atoms with Gasteiger partial charge in [0.15, 0.2) is 0 Å². The molecular formula is C15H19N3O. The Morgan fingerprint density at radius 3 is 2.79 bits per heavy atom. The van der Waals surface area contributed by atoms with E-state index >= 15 is 0 Å². The van der Waals surface area contributed by atoms with Crippen LogP contribution >= 0.6 is 0 Å².